The molecule has 1 unspecified atom stereocenters. The average Bonchev–Trinajstić information content (AvgIpc) is 3.19. The van der Waals surface area contributed by atoms with Crippen molar-refractivity contribution in [2.75, 3.05) is 13.2 Å². The number of carbonyl (C=O) groups excluding carboxylic acids is 2. The summed E-state index contributed by atoms with van der Waals surface area (Å²) < 4.78 is 11.3. The van der Waals surface area contributed by atoms with Crippen molar-refractivity contribution in [2.45, 2.75) is 114 Å². The predicted octanol–water partition coefficient (Wildman–Crippen LogP) is 4.12. The van der Waals surface area contributed by atoms with Gasteiger partial charge in [-0.05, 0) is 46.0 Å². The van der Waals surface area contributed by atoms with Crippen LogP contribution >= 0.6 is 0 Å². The van der Waals surface area contributed by atoms with Gasteiger partial charge in [-0.15, -0.1) is 0 Å². The zero-order chi connectivity index (χ0) is 25.5. The lowest BCUT2D eigenvalue weighted by molar-refractivity contribution is -0.146. The van der Waals surface area contributed by atoms with Gasteiger partial charge in [0, 0.05) is 18.8 Å². The van der Waals surface area contributed by atoms with E-state index in [0.717, 1.165) is 6.42 Å². The minimum absolute atomic E-state index is 0. The second-order valence-electron chi connectivity index (χ2n) is 11.4. The molecule has 4 atom stereocenters. The molecule has 0 saturated carbocycles. The van der Waals surface area contributed by atoms with Crippen LogP contribution in [0.15, 0.2) is 0 Å². The Kier molecular flexibility index (Phi) is 10.9. The largest absolute Gasteiger partial charge is 0.361 e. The van der Waals surface area contributed by atoms with Crippen LogP contribution in [0.1, 0.15) is 90.5 Å². The van der Waals surface area contributed by atoms with Crippen LogP contribution in [0, 0.1) is 23.7 Å². The van der Waals surface area contributed by atoms with E-state index in [0.29, 0.717) is 25.0 Å². The summed E-state index contributed by atoms with van der Waals surface area (Å²) >= 11 is 0. The fraction of sp³-hybridized carbons (Fsp3) is 0.885. The lowest BCUT2D eigenvalue weighted by Gasteiger charge is -2.37. The van der Waals surface area contributed by atoms with Gasteiger partial charge in [-0.1, -0.05) is 49.5 Å². The quantitative estimate of drug-likeness (QED) is 0.356. The molecule has 0 aromatic heterocycles. The van der Waals surface area contributed by atoms with Gasteiger partial charge in [0.15, 0.2) is 0 Å². The van der Waals surface area contributed by atoms with Gasteiger partial charge in [0.05, 0.1) is 19.3 Å². The summed E-state index contributed by atoms with van der Waals surface area (Å²) in [4.78, 5) is 30.9. The highest BCUT2D eigenvalue weighted by Gasteiger charge is 2.64. The summed E-state index contributed by atoms with van der Waals surface area (Å²) in [6.45, 7) is 20.5. The van der Waals surface area contributed by atoms with Gasteiger partial charge in [0.1, 0.15) is 17.1 Å². The highest BCUT2D eigenvalue weighted by atomic mass is 16.5. The van der Waals surface area contributed by atoms with Crippen molar-refractivity contribution in [3.8, 4) is 0 Å². The Morgan fingerprint density at radius 3 is 2.14 bits per heavy atom. The smallest absolute Gasteiger partial charge is 0.353 e. The molecule has 3 rings (SSSR count). The predicted molar refractivity (Wildman–Crippen MR) is 139 cm³/mol. The standard InChI is InChI=1S/C12H21N3O2.C12H22N2O2.2CH4/c1-8(2)6-10-7-17-12(4,5)15(10)11(16)9(3)14-13;1-7(2)9-8(3)10(15)14-11(4,5)16-6-12(9,14)13;;/h8,10H,6-7H2,1-5H3;7-9H,6,13H2,1-5H3;2*1H4/t;8-,9-,12+;;/m.0../s1. The molecule has 204 valence electrons. The molecule has 9 nitrogen and oxygen atoms in total. The van der Waals surface area contributed by atoms with E-state index in [9.17, 15) is 9.59 Å². The molecule has 35 heavy (non-hydrogen) atoms. The second-order valence-corrected chi connectivity index (χ2v) is 11.4. The number of nitrogens with zero attached hydrogens (tertiary/aromatic N) is 4. The fourth-order valence-corrected chi connectivity index (χ4v) is 5.81. The van der Waals surface area contributed by atoms with Gasteiger partial charge < -0.3 is 20.7 Å². The molecule has 0 spiro atoms. The van der Waals surface area contributed by atoms with E-state index in [1.807, 2.05) is 34.6 Å². The molecule has 3 fully saturated rings. The Bertz CT molecular complexity index is 819. The molecule has 3 aliphatic rings. The summed E-state index contributed by atoms with van der Waals surface area (Å²) in [6.07, 6.45) is 0.883. The number of amides is 2. The van der Waals surface area contributed by atoms with E-state index in [1.165, 1.54) is 6.92 Å². The SMILES string of the molecule is C.C.CC(=[N+]=[N-])C(=O)N1C(CC(C)C)COC1(C)C.CC(C)[C@H]1[C@H](C)C(=O)N2C(C)(C)OC[C@]12N. The summed E-state index contributed by atoms with van der Waals surface area (Å²) in [7, 11) is 0. The summed E-state index contributed by atoms with van der Waals surface area (Å²) in [5.74, 6) is 0.893. The van der Waals surface area contributed by atoms with E-state index in [2.05, 4.69) is 32.5 Å². The minimum Gasteiger partial charge on any atom is -0.361 e. The van der Waals surface area contributed by atoms with Crippen LogP contribution in [0.5, 0.6) is 0 Å². The van der Waals surface area contributed by atoms with Crippen LogP contribution in [0.4, 0.5) is 0 Å². The molecule has 0 radical (unpaired) electrons. The van der Waals surface area contributed by atoms with E-state index in [-0.39, 0.29) is 50.3 Å². The molecular weight excluding hydrogens is 446 g/mol. The van der Waals surface area contributed by atoms with Gasteiger partial charge >= 0.3 is 11.6 Å². The number of hydrogen-bond donors (Lipinski definition) is 1. The normalized spacial score (nSPS) is 30.2. The first kappa shape index (κ1) is 33.2. The zero-order valence-electron chi connectivity index (χ0n) is 22.0. The molecule has 0 aromatic carbocycles. The maximum atomic E-state index is 12.3. The molecular formula is C26H51N5O4. The Labute approximate surface area is 213 Å². The number of rotatable bonds is 4. The number of fused-ring (bicyclic) bond motifs is 1. The maximum absolute atomic E-state index is 12.3. The molecule has 3 saturated heterocycles. The summed E-state index contributed by atoms with van der Waals surface area (Å²) in [5, 5.41) is 0. The third kappa shape index (κ3) is 6.13. The highest BCUT2D eigenvalue weighted by molar-refractivity contribution is 6.35. The van der Waals surface area contributed by atoms with Gasteiger partial charge in [-0.2, -0.15) is 4.79 Å². The topological polar surface area (TPSA) is 122 Å². The lowest BCUT2D eigenvalue weighted by Crippen LogP contribution is -2.59. The zero-order valence-corrected chi connectivity index (χ0v) is 22.0. The van der Waals surface area contributed by atoms with Crippen molar-refractivity contribution in [2.24, 2.45) is 29.4 Å². The van der Waals surface area contributed by atoms with Crippen LogP contribution in [0.2, 0.25) is 0 Å². The van der Waals surface area contributed by atoms with Crippen molar-refractivity contribution >= 4 is 17.5 Å². The van der Waals surface area contributed by atoms with E-state index in [4.69, 9.17) is 20.7 Å². The van der Waals surface area contributed by atoms with E-state index < -0.39 is 17.1 Å². The van der Waals surface area contributed by atoms with Crippen molar-refractivity contribution < 1.29 is 23.9 Å². The Morgan fingerprint density at radius 2 is 1.69 bits per heavy atom. The average molecular weight is 498 g/mol. The Balaban J connectivity index is 0.000000625. The summed E-state index contributed by atoms with van der Waals surface area (Å²) in [5.41, 5.74) is 13.4. The van der Waals surface area contributed by atoms with Crippen LogP contribution in [0.25, 0.3) is 5.53 Å². The van der Waals surface area contributed by atoms with Crippen LogP contribution in [-0.2, 0) is 19.1 Å². The molecule has 9 heteroatoms. The first-order chi connectivity index (χ1) is 15.0. The molecule has 3 aliphatic heterocycles. The van der Waals surface area contributed by atoms with Crippen molar-refractivity contribution in [3.63, 3.8) is 0 Å². The molecule has 0 aromatic rings. The van der Waals surface area contributed by atoms with E-state index >= 15 is 0 Å². The molecule has 2 N–H and O–H groups in total. The summed E-state index contributed by atoms with van der Waals surface area (Å²) in [6, 6.07) is 0.0502. The molecule has 0 bridgehead atoms. The van der Waals surface area contributed by atoms with Gasteiger partial charge in [0.25, 0.3) is 0 Å². The third-order valence-corrected chi connectivity index (χ3v) is 7.05. The minimum atomic E-state index is -0.636. The van der Waals surface area contributed by atoms with Gasteiger partial charge in [-0.3, -0.25) is 19.4 Å². The molecule has 0 aliphatic carbocycles. The van der Waals surface area contributed by atoms with Gasteiger partial charge in [-0.25, -0.2) is 0 Å². The maximum Gasteiger partial charge on any atom is 0.353 e. The number of carbonyl (C=O) groups is 2. The van der Waals surface area contributed by atoms with E-state index in [1.54, 1.807) is 9.80 Å². The highest BCUT2D eigenvalue weighted by Crippen LogP contribution is 2.48. The Hall–Kier alpha value is -1.80. The van der Waals surface area contributed by atoms with Crippen LogP contribution in [0.3, 0.4) is 0 Å². The Morgan fingerprint density at radius 1 is 1.14 bits per heavy atom. The number of nitrogens with two attached hydrogens (primary N) is 1. The number of ether oxygens (including phenoxy) is 2. The van der Waals surface area contributed by atoms with Crippen molar-refractivity contribution in [3.05, 3.63) is 5.53 Å². The van der Waals surface area contributed by atoms with Crippen LogP contribution in [-0.4, -0.2) is 68.5 Å². The second kappa shape index (κ2) is 11.5. The lowest BCUT2D eigenvalue weighted by atomic mass is 9.79. The third-order valence-electron chi connectivity index (χ3n) is 7.05. The fourth-order valence-electron chi connectivity index (χ4n) is 5.81. The monoisotopic (exact) mass is 497 g/mol. The number of hydrogen-bond acceptors (Lipinski definition) is 5. The first-order valence-electron chi connectivity index (χ1n) is 11.9. The first-order valence-corrected chi connectivity index (χ1v) is 11.9. The van der Waals surface area contributed by atoms with Crippen molar-refractivity contribution in [1.29, 1.82) is 0 Å². The van der Waals surface area contributed by atoms with Crippen molar-refractivity contribution in [1.82, 2.24) is 9.80 Å². The molecule has 2 amide bonds. The van der Waals surface area contributed by atoms with Crippen LogP contribution < -0.4 is 5.73 Å². The molecule has 3 heterocycles. The van der Waals surface area contributed by atoms with Gasteiger partial charge in [0.2, 0.25) is 5.91 Å².